The first-order valence-corrected chi connectivity index (χ1v) is 6.19. The van der Waals surface area contributed by atoms with Crippen LogP contribution in [0.2, 0.25) is 0 Å². The van der Waals surface area contributed by atoms with Crippen LogP contribution in [-0.2, 0) is 6.42 Å². The number of anilines is 1. The van der Waals surface area contributed by atoms with Crippen molar-refractivity contribution in [3.8, 4) is 11.5 Å². The van der Waals surface area contributed by atoms with Crippen molar-refractivity contribution in [3.05, 3.63) is 23.8 Å². The number of aromatic nitrogens is 4. The van der Waals surface area contributed by atoms with Crippen LogP contribution in [0.5, 0.6) is 0 Å². The average Bonchev–Trinajstić information content (AvgIpc) is 2.77. The molecule has 2 aromatic rings. The molecule has 0 aliphatic carbocycles. The van der Waals surface area contributed by atoms with Gasteiger partial charge in [-0.25, -0.2) is 15.0 Å². The summed E-state index contributed by atoms with van der Waals surface area (Å²) in [6.45, 7) is 8.22. The summed E-state index contributed by atoms with van der Waals surface area (Å²) in [6, 6.07) is 0.318. The lowest BCUT2D eigenvalue weighted by Gasteiger charge is -2.13. The molecule has 18 heavy (non-hydrogen) atoms. The maximum Gasteiger partial charge on any atom is 0.180 e. The SMILES string of the molecule is CCc1c(C)nc(-c2cncn2C(C)C)nc1N. The van der Waals surface area contributed by atoms with Crippen molar-refractivity contribution in [2.45, 2.75) is 40.2 Å². The lowest BCUT2D eigenvalue weighted by Crippen LogP contribution is -2.08. The number of nitrogen functional groups attached to an aromatic ring is 1. The van der Waals surface area contributed by atoms with E-state index in [-0.39, 0.29) is 0 Å². The van der Waals surface area contributed by atoms with E-state index in [1.54, 1.807) is 12.5 Å². The summed E-state index contributed by atoms with van der Waals surface area (Å²) in [5, 5.41) is 0. The quantitative estimate of drug-likeness (QED) is 0.901. The van der Waals surface area contributed by atoms with E-state index in [0.717, 1.165) is 23.4 Å². The molecule has 2 rings (SSSR count). The zero-order chi connectivity index (χ0) is 13.3. The molecule has 0 saturated carbocycles. The Morgan fingerprint density at radius 2 is 2.06 bits per heavy atom. The Morgan fingerprint density at radius 3 is 2.61 bits per heavy atom. The predicted molar refractivity (Wildman–Crippen MR) is 72.2 cm³/mol. The van der Waals surface area contributed by atoms with Gasteiger partial charge in [-0.05, 0) is 27.2 Å². The van der Waals surface area contributed by atoms with E-state index in [4.69, 9.17) is 5.73 Å². The summed E-state index contributed by atoms with van der Waals surface area (Å²) < 4.78 is 2.04. The molecule has 0 unspecified atom stereocenters. The standard InChI is InChI=1S/C13H19N5/c1-5-10-9(4)16-13(17-12(10)14)11-6-15-7-18(11)8(2)3/h6-8H,5H2,1-4H3,(H2,14,16,17). The number of hydrogen-bond acceptors (Lipinski definition) is 4. The van der Waals surface area contributed by atoms with Gasteiger partial charge >= 0.3 is 0 Å². The lowest BCUT2D eigenvalue weighted by molar-refractivity contribution is 0.603. The summed E-state index contributed by atoms with van der Waals surface area (Å²) in [5.74, 6) is 1.21. The van der Waals surface area contributed by atoms with Gasteiger partial charge in [0.1, 0.15) is 11.5 Å². The van der Waals surface area contributed by atoms with Crippen LogP contribution in [0, 0.1) is 6.92 Å². The normalized spacial score (nSPS) is 11.2. The maximum absolute atomic E-state index is 5.98. The summed E-state index contributed by atoms with van der Waals surface area (Å²) in [4.78, 5) is 13.1. The largest absolute Gasteiger partial charge is 0.383 e. The van der Waals surface area contributed by atoms with Crippen LogP contribution in [-0.4, -0.2) is 19.5 Å². The van der Waals surface area contributed by atoms with Gasteiger partial charge in [-0.1, -0.05) is 6.92 Å². The monoisotopic (exact) mass is 245 g/mol. The van der Waals surface area contributed by atoms with Crippen LogP contribution in [0.3, 0.4) is 0 Å². The molecule has 0 atom stereocenters. The molecule has 0 amide bonds. The Morgan fingerprint density at radius 1 is 1.33 bits per heavy atom. The van der Waals surface area contributed by atoms with Gasteiger partial charge in [-0.3, -0.25) is 0 Å². The van der Waals surface area contributed by atoms with E-state index in [0.29, 0.717) is 17.7 Å². The molecule has 0 radical (unpaired) electrons. The number of nitrogens with zero attached hydrogens (tertiary/aromatic N) is 4. The molecule has 0 aliphatic heterocycles. The van der Waals surface area contributed by atoms with Crippen molar-refractivity contribution in [2.75, 3.05) is 5.73 Å². The molecule has 2 N–H and O–H groups in total. The fourth-order valence-electron chi connectivity index (χ4n) is 2.06. The molecule has 5 heteroatoms. The molecule has 0 spiro atoms. The second kappa shape index (κ2) is 4.76. The summed E-state index contributed by atoms with van der Waals surface area (Å²) >= 11 is 0. The maximum atomic E-state index is 5.98. The second-order valence-corrected chi connectivity index (χ2v) is 4.63. The van der Waals surface area contributed by atoms with Crippen LogP contribution in [0.15, 0.2) is 12.5 Å². The first-order valence-electron chi connectivity index (χ1n) is 6.19. The molecule has 0 bridgehead atoms. The Balaban J connectivity index is 2.55. The van der Waals surface area contributed by atoms with Crippen LogP contribution in [0.25, 0.3) is 11.5 Å². The highest BCUT2D eigenvalue weighted by molar-refractivity contribution is 5.55. The minimum absolute atomic E-state index is 0.318. The van der Waals surface area contributed by atoms with Crippen molar-refractivity contribution < 1.29 is 0 Å². The van der Waals surface area contributed by atoms with Gasteiger partial charge in [-0.15, -0.1) is 0 Å². The number of aryl methyl sites for hydroxylation is 1. The van der Waals surface area contributed by atoms with Crippen molar-refractivity contribution >= 4 is 5.82 Å². The van der Waals surface area contributed by atoms with Gasteiger partial charge in [0.2, 0.25) is 0 Å². The van der Waals surface area contributed by atoms with E-state index in [1.165, 1.54) is 0 Å². The van der Waals surface area contributed by atoms with Crippen LogP contribution >= 0.6 is 0 Å². The Hall–Kier alpha value is -1.91. The predicted octanol–water partition coefficient (Wildman–Crippen LogP) is 2.37. The molecule has 2 aromatic heterocycles. The van der Waals surface area contributed by atoms with Gasteiger partial charge in [0.05, 0.1) is 12.5 Å². The molecule has 96 valence electrons. The fourth-order valence-corrected chi connectivity index (χ4v) is 2.06. The van der Waals surface area contributed by atoms with Gasteiger partial charge in [-0.2, -0.15) is 0 Å². The molecule has 5 nitrogen and oxygen atoms in total. The fraction of sp³-hybridized carbons (Fsp3) is 0.462. The van der Waals surface area contributed by atoms with E-state index >= 15 is 0 Å². The third-order valence-electron chi connectivity index (χ3n) is 3.05. The minimum Gasteiger partial charge on any atom is -0.383 e. The molecular weight excluding hydrogens is 226 g/mol. The zero-order valence-corrected chi connectivity index (χ0v) is 11.3. The first-order chi connectivity index (χ1) is 8.54. The van der Waals surface area contributed by atoms with E-state index in [9.17, 15) is 0 Å². The highest BCUT2D eigenvalue weighted by Gasteiger charge is 2.14. The second-order valence-electron chi connectivity index (χ2n) is 4.63. The van der Waals surface area contributed by atoms with Gasteiger partial charge in [0, 0.05) is 17.3 Å². The number of nitrogens with two attached hydrogens (primary N) is 1. The first kappa shape index (κ1) is 12.5. The molecular formula is C13H19N5. The highest BCUT2D eigenvalue weighted by atomic mass is 15.1. The Kier molecular flexibility index (Phi) is 3.32. The Bertz CT molecular complexity index is 533. The molecule has 2 heterocycles. The van der Waals surface area contributed by atoms with E-state index in [1.807, 2.05) is 11.5 Å². The third kappa shape index (κ3) is 2.08. The number of hydrogen-bond donors (Lipinski definition) is 1. The number of imidazole rings is 1. The van der Waals surface area contributed by atoms with Gasteiger partial charge in [0.25, 0.3) is 0 Å². The van der Waals surface area contributed by atoms with Crippen LogP contribution in [0.4, 0.5) is 5.82 Å². The summed E-state index contributed by atoms with van der Waals surface area (Å²) in [6.07, 6.45) is 4.42. The minimum atomic E-state index is 0.318. The van der Waals surface area contributed by atoms with Crippen LogP contribution in [0.1, 0.15) is 38.1 Å². The van der Waals surface area contributed by atoms with Gasteiger partial charge in [0.15, 0.2) is 5.82 Å². The van der Waals surface area contributed by atoms with Crippen molar-refractivity contribution in [2.24, 2.45) is 0 Å². The van der Waals surface area contributed by atoms with Crippen LogP contribution < -0.4 is 5.73 Å². The third-order valence-corrected chi connectivity index (χ3v) is 3.05. The number of rotatable bonds is 3. The van der Waals surface area contributed by atoms with Gasteiger partial charge < -0.3 is 10.3 Å². The topological polar surface area (TPSA) is 69.6 Å². The molecule has 0 fully saturated rings. The van der Waals surface area contributed by atoms with E-state index in [2.05, 4.69) is 35.7 Å². The smallest absolute Gasteiger partial charge is 0.180 e. The Labute approximate surface area is 107 Å². The van der Waals surface area contributed by atoms with Crippen molar-refractivity contribution in [3.63, 3.8) is 0 Å². The average molecular weight is 245 g/mol. The lowest BCUT2D eigenvalue weighted by atomic mass is 10.1. The summed E-state index contributed by atoms with van der Waals surface area (Å²) in [5.41, 5.74) is 8.85. The highest BCUT2D eigenvalue weighted by Crippen LogP contribution is 2.22. The molecule has 0 aromatic carbocycles. The molecule has 0 aliphatic rings. The molecule has 0 saturated heterocycles. The van der Waals surface area contributed by atoms with Crippen molar-refractivity contribution in [1.29, 1.82) is 0 Å². The summed E-state index contributed by atoms with van der Waals surface area (Å²) in [7, 11) is 0. The van der Waals surface area contributed by atoms with Crippen molar-refractivity contribution in [1.82, 2.24) is 19.5 Å². The van der Waals surface area contributed by atoms with E-state index < -0.39 is 0 Å². The zero-order valence-electron chi connectivity index (χ0n) is 11.3.